The molecule has 0 aliphatic carbocycles. The van der Waals surface area contributed by atoms with Gasteiger partial charge in [0, 0.05) is 17.0 Å². The maximum atomic E-state index is 13.8. The lowest BCUT2D eigenvalue weighted by atomic mass is 9.87. The summed E-state index contributed by atoms with van der Waals surface area (Å²) in [7, 11) is 1.62. The van der Waals surface area contributed by atoms with Gasteiger partial charge in [0.1, 0.15) is 18.1 Å². The van der Waals surface area contributed by atoms with Crippen molar-refractivity contribution in [1.82, 2.24) is 15.1 Å². The summed E-state index contributed by atoms with van der Waals surface area (Å²) in [5, 5.41) is 7.92. The van der Waals surface area contributed by atoms with Gasteiger partial charge in [-0.15, -0.1) is 11.8 Å². The van der Waals surface area contributed by atoms with E-state index < -0.39 is 0 Å². The zero-order valence-corrected chi connectivity index (χ0v) is 24.6. The van der Waals surface area contributed by atoms with E-state index in [1.165, 1.54) is 11.8 Å². The number of hydrogen-bond donors (Lipinski definition) is 1. The fraction of sp³-hybridized carbons (Fsp3) is 0.433. The minimum atomic E-state index is -0.352. The third-order valence-electron chi connectivity index (χ3n) is 7.14. The molecule has 3 aromatic rings. The van der Waals surface area contributed by atoms with Crippen molar-refractivity contribution in [2.45, 2.75) is 57.7 Å². The highest BCUT2D eigenvalue weighted by atomic mass is 32.2. The number of rotatable bonds is 7. The summed E-state index contributed by atoms with van der Waals surface area (Å²) in [6.07, 6.45) is 0.797. The highest BCUT2D eigenvalue weighted by molar-refractivity contribution is 8.00. The number of carbonyl (C=O) groups excluding carboxylic acids is 2. The van der Waals surface area contributed by atoms with Crippen LogP contribution in [-0.2, 0) is 15.0 Å². The van der Waals surface area contributed by atoms with Gasteiger partial charge in [-0.1, -0.05) is 33.8 Å². The van der Waals surface area contributed by atoms with Gasteiger partial charge in [-0.25, -0.2) is 4.68 Å². The van der Waals surface area contributed by atoms with Gasteiger partial charge in [-0.2, -0.15) is 5.10 Å². The van der Waals surface area contributed by atoms with Crippen LogP contribution in [0.4, 0.5) is 5.82 Å². The number of methoxy groups -OCH3 is 1. The van der Waals surface area contributed by atoms with Gasteiger partial charge in [-0.05, 0) is 55.3 Å². The number of carbonyl (C=O) groups is 2. The Morgan fingerprint density at radius 2 is 1.90 bits per heavy atom. The maximum absolute atomic E-state index is 13.8. The molecular formula is C30H36N4O5S. The number of amides is 2. The average Bonchev–Trinajstić information content (AvgIpc) is 3.53. The molecule has 0 fully saturated rings. The standard InChI is InChI=1S/C30H36N4O5S/c1-7-18(2)31-24(35)15-33-25(36)16-40-27(19-8-13-22-23(14-19)39-17-38-22)26-28(30(3,4)5)32-34(29(26)33)20-9-11-21(37-6)12-10-20/h8-14,18,27H,7,15-17H2,1-6H3,(H,31,35)/t18-,27+/m1/s1. The van der Waals surface area contributed by atoms with Gasteiger partial charge in [0.25, 0.3) is 0 Å². The van der Waals surface area contributed by atoms with Gasteiger partial charge in [0.2, 0.25) is 18.6 Å². The number of hydrogen-bond acceptors (Lipinski definition) is 7. The number of aromatic nitrogens is 2. The summed E-state index contributed by atoms with van der Waals surface area (Å²) in [5.41, 5.74) is 3.16. The molecule has 2 aliphatic rings. The SMILES string of the molecule is CC[C@@H](C)NC(=O)CN1C(=O)CS[C@@H](c2ccc3c(c2)OCO3)c2c(C(C)(C)C)nn(-c3ccc(OC)cc3)c21. The van der Waals surface area contributed by atoms with Crippen LogP contribution in [0.2, 0.25) is 0 Å². The van der Waals surface area contributed by atoms with Gasteiger partial charge in [-0.3, -0.25) is 14.5 Å². The lowest BCUT2D eigenvalue weighted by molar-refractivity contribution is -0.123. The lowest BCUT2D eigenvalue weighted by Gasteiger charge is -2.25. The summed E-state index contributed by atoms with van der Waals surface area (Å²) < 4.78 is 18.4. The lowest BCUT2D eigenvalue weighted by Crippen LogP contribution is -2.44. The number of anilines is 1. The van der Waals surface area contributed by atoms with E-state index >= 15 is 0 Å². The Labute approximate surface area is 239 Å². The van der Waals surface area contributed by atoms with Crippen molar-refractivity contribution in [3.63, 3.8) is 0 Å². The van der Waals surface area contributed by atoms with Crippen LogP contribution in [0.25, 0.3) is 5.69 Å². The first-order chi connectivity index (χ1) is 19.1. The second-order valence-electron chi connectivity index (χ2n) is 11.1. The van der Waals surface area contributed by atoms with Crippen molar-refractivity contribution < 1.29 is 23.8 Å². The van der Waals surface area contributed by atoms with Crippen LogP contribution in [0, 0.1) is 0 Å². The monoisotopic (exact) mass is 564 g/mol. The fourth-order valence-electron chi connectivity index (χ4n) is 4.88. The molecule has 2 aromatic carbocycles. The van der Waals surface area contributed by atoms with E-state index in [9.17, 15) is 9.59 Å². The molecule has 2 amide bonds. The van der Waals surface area contributed by atoms with Crippen molar-refractivity contribution >= 4 is 29.4 Å². The van der Waals surface area contributed by atoms with Crippen LogP contribution in [-0.4, -0.2) is 53.8 Å². The Kier molecular flexibility index (Phi) is 7.72. The van der Waals surface area contributed by atoms with E-state index in [4.69, 9.17) is 19.3 Å². The Hall–Kier alpha value is -3.66. The molecule has 0 saturated carbocycles. The molecule has 3 heterocycles. The average molecular weight is 565 g/mol. The van der Waals surface area contributed by atoms with Crippen LogP contribution in [0.1, 0.15) is 63.1 Å². The maximum Gasteiger partial charge on any atom is 0.240 e. The molecule has 212 valence electrons. The molecular weight excluding hydrogens is 528 g/mol. The van der Waals surface area contributed by atoms with Gasteiger partial charge >= 0.3 is 0 Å². The van der Waals surface area contributed by atoms with E-state index in [1.807, 2.05) is 56.3 Å². The van der Waals surface area contributed by atoms with Gasteiger partial charge < -0.3 is 19.5 Å². The van der Waals surface area contributed by atoms with Crippen molar-refractivity contribution in [3.8, 4) is 22.9 Å². The summed E-state index contributed by atoms with van der Waals surface area (Å²) in [5.74, 6) is 2.55. The van der Waals surface area contributed by atoms with Crippen LogP contribution in [0.15, 0.2) is 42.5 Å². The summed E-state index contributed by atoms with van der Waals surface area (Å²) in [6.45, 7) is 10.4. The molecule has 1 aromatic heterocycles. The van der Waals surface area contributed by atoms with E-state index in [-0.39, 0.29) is 47.6 Å². The highest BCUT2D eigenvalue weighted by Crippen LogP contribution is 2.49. The van der Waals surface area contributed by atoms with Crippen LogP contribution in [0.3, 0.4) is 0 Å². The third-order valence-corrected chi connectivity index (χ3v) is 8.39. The third kappa shape index (κ3) is 5.37. The Morgan fingerprint density at radius 3 is 2.58 bits per heavy atom. The first-order valence-corrected chi connectivity index (χ1v) is 14.5. The van der Waals surface area contributed by atoms with Gasteiger partial charge in [0.15, 0.2) is 11.5 Å². The molecule has 2 aliphatic heterocycles. The van der Waals surface area contributed by atoms with Gasteiger partial charge in [0.05, 0.1) is 29.5 Å². The Balaban J connectivity index is 1.72. The minimum Gasteiger partial charge on any atom is -0.497 e. The number of benzene rings is 2. The largest absolute Gasteiger partial charge is 0.497 e. The predicted octanol–water partition coefficient (Wildman–Crippen LogP) is 4.99. The molecule has 0 unspecified atom stereocenters. The molecule has 0 saturated heterocycles. The Bertz CT molecular complexity index is 1410. The quantitative estimate of drug-likeness (QED) is 0.432. The Morgan fingerprint density at radius 1 is 1.18 bits per heavy atom. The second-order valence-corrected chi connectivity index (χ2v) is 12.2. The summed E-state index contributed by atoms with van der Waals surface area (Å²) in [6, 6.07) is 13.5. The van der Waals surface area contributed by atoms with E-state index in [2.05, 4.69) is 26.1 Å². The van der Waals surface area contributed by atoms with Crippen LogP contribution < -0.4 is 24.4 Å². The zero-order valence-electron chi connectivity index (χ0n) is 23.8. The smallest absolute Gasteiger partial charge is 0.240 e. The molecule has 2 atom stereocenters. The summed E-state index contributed by atoms with van der Waals surface area (Å²) in [4.78, 5) is 28.6. The van der Waals surface area contributed by atoms with E-state index in [0.29, 0.717) is 23.1 Å². The van der Waals surface area contributed by atoms with Crippen molar-refractivity contribution in [2.75, 3.05) is 31.1 Å². The van der Waals surface area contributed by atoms with E-state index in [1.54, 1.807) is 16.7 Å². The highest BCUT2D eigenvalue weighted by Gasteiger charge is 2.40. The van der Waals surface area contributed by atoms with Crippen molar-refractivity contribution in [3.05, 3.63) is 59.3 Å². The van der Waals surface area contributed by atoms with Crippen LogP contribution >= 0.6 is 11.8 Å². The molecule has 9 nitrogen and oxygen atoms in total. The number of nitrogens with zero attached hydrogens (tertiary/aromatic N) is 3. The van der Waals surface area contributed by atoms with Crippen molar-refractivity contribution in [1.29, 1.82) is 0 Å². The predicted molar refractivity (Wildman–Crippen MR) is 156 cm³/mol. The minimum absolute atomic E-state index is 0.00133. The van der Waals surface area contributed by atoms with Crippen LogP contribution in [0.5, 0.6) is 17.2 Å². The first-order valence-electron chi connectivity index (χ1n) is 13.5. The molecule has 40 heavy (non-hydrogen) atoms. The van der Waals surface area contributed by atoms with Crippen molar-refractivity contribution in [2.24, 2.45) is 0 Å². The second kappa shape index (κ2) is 11.1. The summed E-state index contributed by atoms with van der Waals surface area (Å²) >= 11 is 1.53. The normalized spacial score (nSPS) is 17.3. The zero-order chi connectivity index (χ0) is 28.6. The number of thioether (sulfide) groups is 1. The number of ether oxygens (including phenoxy) is 3. The molecule has 5 rings (SSSR count). The molecule has 0 spiro atoms. The number of nitrogens with one attached hydrogen (secondary N) is 1. The first kappa shape index (κ1) is 27.9. The van der Waals surface area contributed by atoms with E-state index in [0.717, 1.165) is 28.9 Å². The number of fused-ring (bicyclic) bond motifs is 2. The molecule has 0 bridgehead atoms. The fourth-order valence-corrected chi connectivity index (χ4v) is 6.07. The topological polar surface area (TPSA) is 94.9 Å². The molecule has 0 radical (unpaired) electrons. The molecule has 1 N–H and O–H groups in total. The molecule has 10 heteroatoms.